The third-order valence-electron chi connectivity index (χ3n) is 2.27. The first kappa shape index (κ1) is 15.6. The number of piperidine rings is 1. The molecule has 1 rings (SSSR count). The number of amides is 1. The van der Waals surface area contributed by atoms with Crippen LogP contribution in [0.5, 0.6) is 0 Å². The number of halogens is 1. The van der Waals surface area contributed by atoms with Crippen molar-refractivity contribution in [2.45, 2.75) is 43.7 Å². The van der Waals surface area contributed by atoms with E-state index in [1.165, 1.54) is 18.3 Å². The predicted molar refractivity (Wildman–Crippen MR) is 66.2 cm³/mol. The monoisotopic (exact) mass is 376 g/mol. The van der Waals surface area contributed by atoms with E-state index in [0.717, 1.165) is 30.4 Å². The quantitative estimate of drug-likeness (QED) is 0.480. The fraction of sp³-hybridized carbons (Fsp3) is 0.900. The van der Waals surface area contributed by atoms with E-state index in [1.54, 1.807) is 0 Å². The van der Waals surface area contributed by atoms with E-state index in [4.69, 9.17) is 4.74 Å². The van der Waals surface area contributed by atoms with Gasteiger partial charge in [-0.05, 0) is 0 Å². The van der Waals surface area contributed by atoms with Gasteiger partial charge in [0.15, 0.2) is 0 Å². The molecule has 1 aliphatic rings. The van der Waals surface area contributed by atoms with Crippen LogP contribution in [0.2, 0.25) is 4.51 Å². The number of carbonyl (C=O) groups excluding carboxylic acids is 1. The minimum absolute atomic E-state index is 0. The Morgan fingerprint density at radius 1 is 1.33 bits per heavy atom. The van der Waals surface area contributed by atoms with Crippen LogP contribution in [0.15, 0.2) is 0 Å². The Balaban J connectivity index is 0.00000196. The number of rotatable bonds is 0. The SMILES string of the molecule is CC(C)(C)OC(=O)N1CC[CH]([Zn])CC1.I. The molecule has 5 heteroatoms. The standard InChI is InChI=1S/C10H18NO2.HI.Zn/c1-10(2,3)13-9(12)11-7-5-4-6-8-11;;/h4H,5-8H2,1-3H3;1H;. The van der Waals surface area contributed by atoms with Crippen LogP contribution >= 0.6 is 24.0 Å². The molecule has 0 bridgehead atoms. The number of hydrogen-bond donors (Lipinski definition) is 0. The van der Waals surface area contributed by atoms with Crippen molar-refractivity contribution in [1.82, 2.24) is 4.90 Å². The second-order valence-electron chi connectivity index (χ2n) is 4.91. The first-order valence-corrected chi connectivity index (χ1v) is 6.91. The van der Waals surface area contributed by atoms with E-state index in [-0.39, 0.29) is 35.7 Å². The maximum Gasteiger partial charge on any atom is -0.107 e. The zero-order chi connectivity index (χ0) is 10.8. The Hall–Kier alpha value is 0.623. The fourth-order valence-electron chi connectivity index (χ4n) is 1.44. The molecule has 1 aliphatic heterocycles. The van der Waals surface area contributed by atoms with Gasteiger partial charge >= 0.3 is 95.6 Å². The Kier molecular flexibility index (Phi) is 6.65. The molecule has 0 unspecified atom stereocenters. The summed E-state index contributed by atoms with van der Waals surface area (Å²) in [6, 6.07) is 0. The van der Waals surface area contributed by atoms with Gasteiger partial charge < -0.3 is 0 Å². The van der Waals surface area contributed by atoms with Gasteiger partial charge in [0.25, 0.3) is 0 Å². The molecule has 15 heavy (non-hydrogen) atoms. The average Bonchev–Trinajstić information content (AvgIpc) is 2.02. The van der Waals surface area contributed by atoms with Crippen molar-refractivity contribution in [3.05, 3.63) is 0 Å². The van der Waals surface area contributed by atoms with Crippen LogP contribution in [0.3, 0.4) is 0 Å². The topological polar surface area (TPSA) is 29.5 Å². The summed E-state index contributed by atoms with van der Waals surface area (Å²) in [4.78, 5) is 13.5. The molecule has 0 radical (unpaired) electrons. The molecule has 0 spiro atoms. The molecule has 0 aromatic heterocycles. The summed E-state index contributed by atoms with van der Waals surface area (Å²) in [5, 5.41) is 0. The maximum atomic E-state index is 11.6. The normalized spacial score (nSPS) is 18.3. The molecule has 3 nitrogen and oxygen atoms in total. The second-order valence-corrected chi connectivity index (χ2v) is 7.33. The zero-order valence-corrected chi connectivity index (χ0v) is 15.1. The predicted octanol–water partition coefficient (Wildman–Crippen LogP) is 2.97. The smallest absolute Gasteiger partial charge is 0.107 e. The van der Waals surface area contributed by atoms with Crippen LogP contribution in [-0.4, -0.2) is 29.7 Å². The van der Waals surface area contributed by atoms with Crippen LogP contribution in [0.1, 0.15) is 33.6 Å². The molecule has 0 N–H and O–H groups in total. The molecule has 0 atom stereocenters. The van der Waals surface area contributed by atoms with E-state index >= 15 is 0 Å². The van der Waals surface area contributed by atoms with E-state index < -0.39 is 0 Å². The number of carbonyl (C=O) groups is 1. The molecule has 1 amide bonds. The van der Waals surface area contributed by atoms with Gasteiger partial charge in [0.2, 0.25) is 0 Å². The van der Waals surface area contributed by atoms with Gasteiger partial charge in [0.05, 0.1) is 0 Å². The third-order valence-corrected chi connectivity index (χ3v) is 3.98. The average molecular weight is 378 g/mol. The van der Waals surface area contributed by atoms with Crippen molar-refractivity contribution in [2.24, 2.45) is 0 Å². The third kappa shape index (κ3) is 6.05. The summed E-state index contributed by atoms with van der Waals surface area (Å²) in [6.07, 6.45) is 2.16. The molecule has 0 aromatic rings. The Morgan fingerprint density at radius 2 is 1.80 bits per heavy atom. The number of hydrogen-bond acceptors (Lipinski definition) is 2. The van der Waals surface area contributed by atoms with Crippen molar-refractivity contribution in [3.8, 4) is 0 Å². The Bertz CT molecular complexity index is 210. The van der Waals surface area contributed by atoms with Gasteiger partial charge in [0.1, 0.15) is 0 Å². The summed E-state index contributed by atoms with van der Waals surface area (Å²) in [6.45, 7) is 7.47. The Morgan fingerprint density at radius 3 is 2.20 bits per heavy atom. The van der Waals surface area contributed by atoms with E-state index in [9.17, 15) is 4.79 Å². The molecule has 0 aliphatic carbocycles. The minimum Gasteiger partial charge on any atom is -0.107 e. The summed E-state index contributed by atoms with van der Waals surface area (Å²) in [5.41, 5.74) is -0.367. The molecule has 85 valence electrons. The fourth-order valence-corrected chi connectivity index (χ4v) is 2.21. The van der Waals surface area contributed by atoms with E-state index in [0.29, 0.717) is 0 Å². The summed E-state index contributed by atoms with van der Waals surface area (Å²) in [5.74, 6) is 0. The zero-order valence-electron chi connectivity index (χ0n) is 9.78. The van der Waals surface area contributed by atoms with Crippen LogP contribution in [0.4, 0.5) is 4.79 Å². The van der Waals surface area contributed by atoms with E-state index in [1.807, 2.05) is 25.7 Å². The summed E-state index contributed by atoms with van der Waals surface area (Å²) >= 11 is 1.35. The largest absolute Gasteiger partial charge is 0.107 e. The van der Waals surface area contributed by atoms with Crippen LogP contribution in [-0.2, 0) is 23.0 Å². The first-order chi connectivity index (χ1) is 6.38. The maximum absolute atomic E-state index is 11.6. The van der Waals surface area contributed by atoms with Crippen molar-refractivity contribution < 1.29 is 27.8 Å². The van der Waals surface area contributed by atoms with Gasteiger partial charge in [-0.25, -0.2) is 0 Å². The molecule has 0 aromatic carbocycles. The van der Waals surface area contributed by atoms with Gasteiger partial charge in [-0.2, -0.15) is 0 Å². The van der Waals surface area contributed by atoms with E-state index in [2.05, 4.69) is 0 Å². The summed E-state index contributed by atoms with van der Waals surface area (Å²) < 4.78 is 6.18. The first-order valence-electron chi connectivity index (χ1n) is 5.19. The summed E-state index contributed by atoms with van der Waals surface area (Å²) in [7, 11) is 0. The van der Waals surface area contributed by atoms with Crippen molar-refractivity contribution in [3.63, 3.8) is 0 Å². The van der Waals surface area contributed by atoms with Crippen molar-refractivity contribution >= 4 is 30.1 Å². The minimum atomic E-state index is -0.367. The molecule has 1 saturated heterocycles. The second kappa shape index (κ2) is 6.38. The molecular weight excluding hydrogens is 358 g/mol. The van der Waals surface area contributed by atoms with Gasteiger partial charge in [-0.15, -0.1) is 24.0 Å². The van der Waals surface area contributed by atoms with Crippen molar-refractivity contribution in [1.29, 1.82) is 0 Å². The molecule has 1 heterocycles. The Labute approximate surface area is 119 Å². The molecule has 1 fully saturated rings. The number of likely N-dealkylation sites (tertiary alicyclic amines) is 1. The molecule has 0 saturated carbocycles. The van der Waals surface area contributed by atoms with Gasteiger partial charge in [-0.1, -0.05) is 0 Å². The van der Waals surface area contributed by atoms with Gasteiger partial charge in [0, 0.05) is 0 Å². The van der Waals surface area contributed by atoms with Gasteiger partial charge in [-0.3, -0.25) is 0 Å². The van der Waals surface area contributed by atoms with Crippen molar-refractivity contribution in [2.75, 3.05) is 13.1 Å². The number of ether oxygens (including phenoxy) is 1. The van der Waals surface area contributed by atoms with Crippen LogP contribution < -0.4 is 0 Å². The molecular formula is C10H19INO2Zn. The van der Waals surface area contributed by atoms with Crippen LogP contribution in [0, 0.1) is 0 Å². The van der Waals surface area contributed by atoms with Crippen LogP contribution in [0.25, 0.3) is 0 Å². The number of nitrogens with zero attached hydrogens (tertiary/aromatic N) is 1.